The van der Waals surface area contributed by atoms with Crippen molar-refractivity contribution in [3.63, 3.8) is 0 Å². The predicted octanol–water partition coefficient (Wildman–Crippen LogP) is 1.14. The molecule has 0 spiro atoms. The van der Waals surface area contributed by atoms with Gasteiger partial charge in [-0.2, -0.15) is 0 Å². The average Bonchev–Trinajstić information content (AvgIpc) is 2.04. The Labute approximate surface area is 74.7 Å². The van der Waals surface area contributed by atoms with E-state index in [0.29, 0.717) is 5.92 Å². The van der Waals surface area contributed by atoms with Crippen molar-refractivity contribution in [3.8, 4) is 0 Å². The van der Waals surface area contributed by atoms with Gasteiger partial charge in [-0.15, -0.1) is 0 Å². The van der Waals surface area contributed by atoms with Crippen LogP contribution >= 0.6 is 0 Å². The molecular weight excluding hydrogens is 154 g/mol. The SMILES string of the molecule is CCC(C)CN(C)C(=O)COC. The minimum absolute atomic E-state index is 0.0535. The number of carbonyl (C=O) groups is 1. The van der Waals surface area contributed by atoms with Gasteiger partial charge in [0.1, 0.15) is 6.61 Å². The summed E-state index contributed by atoms with van der Waals surface area (Å²) in [6, 6.07) is 0. The van der Waals surface area contributed by atoms with Crippen molar-refractivity contribution < 1.29 is 9.53 Å². The lowest BCUT2D eigenvalue weighted by molar-refractivity contribution is -0.134. The number of rotatable bonds is 5. The van der Waals surface area contributed by atoms with E-state index in [2.05, 4.69) is 13.8 Å². The van der Waals surface area contributed by atoms with Crippen molar-refractivity contribution >= 4 is 5.91 Å². The van der Waals surface area contributed by atoms with Crippen LogP contribution in [-0.2, 0) is 9.53 Å². The normalized spacial score (nSPS) is 12.7. The van der Waals surface area contributed by atoms with Crippen molar-refractivity contribution in [1.82, 2.24) is 4.90 Å². The summed E-state index contributed by atoms with van der Waals surface area (Å²) >= 11 is 0. The summed E-state index contributed by atoms with van der Waals surface area (Å²) in [6.45, 7) is 5.27. The molecule has 72 valence electrons. The highest BCUT2D eigenvalue weighted by Gasteiger charge is 2.10. The van der Waals surface area contributed by atoms with Gasteiger partial charge in [0.2, 0.25) is 5.91 Å². The molecule has 0 fully saturated rings. The van der Waals surface area contributed by atoms with Crippen molar-refractivity contribution in [2.24, 2.45) is 5.92 Å². The lowest BCUT2D eigenvalue weighted by Gasteiger charge is -2.20. The van der Waals surface area contributed by atoms with Crippen LogP contribution < -0.4 is 0 Å². The molecule has 0 bridgehead atoms. The Balaban J connectivity index is 3.70. The molecule has 0 aromatic carbocycles. The third-order valence-electron chi connectivity index (χ3n) is 1.98. The van der Waals surface area contributed by atoms with Crippen molar-refractivity contribution in [2.45, 2.75) is 20.3 Å². The summed E-state index contributed by atoms with van der Waals surface area (Å²) in [6.07, 6.45) is 1.10. The molecule has 0 saturated heterocycles. The van der Waals surface area contributed by atoms with Crippen LogP contribution in [0.1, 0.15) is 20.3 Å². The van der Waals surface area contributed by atoms with Crippen molar-refractivity contribution in [3.05, 3.63) is 0 Å². The maximum absolute atomic E-state index is 11.2. The number of likely N-dealkylation sites (N-methyl/N-ethyl adjacent to an activating group) is 1. The quantitative estimate of drug-likeness (QED) is 0.624. The van der Waals surface area contributed by atoms with Crippen LogP contribution in [0.15, 0.2) is 0 Å². The van der Waals surface area contributed by atoms with Crippen LogP contribution in [0.4, 0.5) is 0 Å². The Morgan fingerprint density at radius 1 is 1.58 bits per heavy atom. The molecule has 0 rings (SSSR count). The molecule has 1 amide bonds. The van der Waals surface area contributed by atoms with Gasteiger partial charge in [0.25, 0.3) is 0 Å². The first kappa shape index (κ1) is 11.4. The first-order valence-corrected chi connectivity index (χ1v) is 4.34. The lowest BCUT2D eigenvalue weighted by Crippen LogP contribution is -2.33. The number of methoxy groups -OCH3 is 1. The maximum Gasteiger partial charge on any atom is 0.248 e. The molecule has 0 N–H and O–H groups in total. The molecule has 0 aromatic heterocycles. The molecule has 0 saturated carbocycles. The van der Waals surface area contributed by atoms with Gasteiger partial charge in [-0.1, -0.05) is 20.3 Å². The van der Waals surface area contributed by atoms with Gasteiger partial charge < -0.3 is 9.64 Å². The summed E-state index contributed by atoms with van der Waals surface area (Å²) in [7, 11) is 3.35. The molecule has 0 heterocycles. The van der Waals surface area contributed by atoms with Crippen LogP contribution in [0.2, 0.25) is 0 Å². The fourth-order valence-electron chi connectivity index (χ4n) is 0.932. The summed E-state index contributed by atoms with van der Waals surface area (Å²) < 4.78 is 4.75. The lowest BCUT2D eigenvalue weighted by atomic mass is 10.1. The van der Waals surface area contributed by atoms with E-state index in [1.165, 1.54) is 7.11 Å². The monoisotopic (exact) mass is 173 g/mol. The molecule has 1 unspecified atom stereocenters. The van der Waals surface area contributed by atoms with Gasteiger partial charge in [-0.05, 0) is 5.92 Å². The highest BCUT2D eigenvalue weighted by Crippen LogP contribution is 2.02. The molecule has 1 atom stereocenters. The minimum Gasteiger partial charge on any atom is -0.375 e. The Hall–Kier alpha value is -0.570. The van der Waals surface area contributed by atoms with Gasteiger partial charge in [-0.3, -0.25) is 4.79 Å². The van der Waals surface area contributed by atoms with Gasteiger partial charge in [0.05, 0.1) is 0 Å². The van der Waals surface area contributed by atoms with Gasteiger partial charge >= 0.3 is 0 Å². The Kier molecular flexibility index (Phi) is 5.72. The molecule has 3 nitrogen and oxygen atoms in total. The fourth-order valence-corrected chi connectivity index (χ4v) is 0.932. The standard InChI is InChI=1S/C9H19NO2/c1-5-8(2)6-10(3)9(11)7-12-4/h8H,5-7H2,1-4H3. The zero-order chi connectivity index (χ0) is 9.56. The first-order valence-electron chi connectivity index (χ1n) is 4.34. The van der Waals surface area contributed by atoms with Crippen LogP contribution in [0.25, 0.3) is 0 Å². The van der Waals surface area contributed by atoms with E-state index in [1.807, 2.05) is 7.05 Å². The van der Waals surface area contributed by atoms with E-state index < -0.39 is 0 Å². The molecule has 0 aliphatic heterocycles. The number of hydrogen-bond donors (Lipinski definition) is 0. The molecular formula is C9H19NO2. The second kappa shape index (κ2) is 6.00. The van der Waals surface area contributed by atoms with Crippen molar-refractivity contribution in [2.75, 3.05) is 27.3 Å². The second-order valence-corrected chi connectivity index (χ2v) is 3.22. The van der Waals surface area contributed by atoms with Crippen LogP contribution in [0.3, 0.4) is 0 Å². The van der Waals surface area contributed by atoms with Crippen LogP contribution in [0, 0.1) is 5.92 Å². The van der Waals surface area contributed by atoms with E-state index in [1.54, 1.807) is 4.90 Å². The molecule has 3 heteroatoms. The summed E-state index contributed by atoms with van der Waals surface area (Å²) in [5.41, 5.74) is 0. The molecule has 0 aliphatic rings. The summed E-state index contributed by atoms with van der Waals surface area (Å²) in [4.78, 5) is 12.9. The summed E-state index contributed by atoms with van der Waals surface area (Å²) in [5, 5.41) is 0. The third-order valence-corrected chi connectivity index (χ3v) is 1.98. The Morgan fingerprint density at radius 2 is 2.17 bits per heavy atom. The molecule has 0 radical (unpaired) electrons. The molecule has 0 aliphatic carbocycles. The average molecular weight is 173 g/mol. The second-order valence-electron chi connectivity index (χ2n) is 3.22. The zero-order valence-corrected chi connectivity index (χ0v) is 8.46. The topological polar surface area (TPSA) is 29.5 Å². The van der Waals surface area contributed by atoms with Gasteiger partial charge in [0.15, 0.2) is 0 Å². The van der Waals surface area contributed by atoms with E-state index in [0.717, 1.165) is 13.0 Å². The smallest absolute Gasteiger partial charge is 0.248 e. The highest BCUT2D eigenvalue weighted by molar-refractivity contribution is 5.77. The number of carbonyl (C=O) groups excluding carboxylic acids is 1. The van der Waals surface area contributed by atoms with Crippen LogP contribution in [0.5, 0.6) is 0 Å². The van der Waals surface area contributed by atoms with E-state index in [-0.39, 0.29) is 12.5 Å². The third kappa shape index (κ3) is 4.34. The first-order chi connectivity index (χ1) is 5.61. The zero-order valence-electron chi connectivity index (χ0n) is 8.46. The largest absolute Gasteiger partial charge is 0.375 e. The van der Waals surface area contributed by atoms with E-state index >= 15 is 0 Å². The van der Waals surface area contributed by atoms with E-state index in [9.17, 15) is 4.79 Å². The highest BCUT2D eigenvalue weighted by atomic mass is 16.5. The Morgan fingerprint density at radius 3 is 2.58 bits per heavy atom. The Bertz CT molecular complexity index is 136. The fraction of sp³-hybridized carbons (Fsp3) is 0.889. The number of hydrogen-bond acceptors (Lipinski definition) is 2. The minimum atomic E-state index is 0.0535. The summed E-state index contributed by atoms with van der Waals surface area (Å²) in [5.74, 6) is 0.619. The molecule has 12 heavy (non-hydrogen) atoms. The maximum atomic E-state index is 11.2. The van der Waals surface area contributed by atoms with Crippen molar-refractivity contribution in [1.29, 1.82) is 0 Å². The van der Waals surface area contributed by atoms with Gasteiger partial charge in [-0.25, -0.2) is 0 Å². The number of nitrogens with zero attached hydrogens (tertiary/aromatic N) is 1. The predicted molar refractivity (Wildman–Crippen MR) is 49.0 cm³/mol. The van der Waals surface area contributed by atoms with Gasteiger partial charge in [0, 0.05) is 20.7 Å². The molecule has 0 aromatic rings. The number of ether oxygens (including phenoxy) is 1. The van der Waals surface area contributed by atoms with E-state index in [4.69, 9.17) is 4.74 Å². The number of amides is 1. The van der Waals surface area contributed by atoms with Crippen LogP contribution in [-0.4, -0.2) is 38.1 Å².